The molecule has 0 saturated carbocycles. The summed E-state index contributed by atoms with van der Waals surface area (Å²) in [5.41, 5.74) is 1.22. The first-order valence-corrected chi connectivity index (χ1v) is 10.6. The van der Waals surface area contributed by atoms with E-state index in [9.17, 15) is 9.59 Å². The molecule has 1 rings (SSSR count). The number of hydrogen-bond acceptors (Lipinski definition) is 6. The van der Waals surface area contributed by atoms with Crippen molar-refractivity contribution in [1.29, 1.82) is 0 Å². The second-order valence-corrected chi connectivity index (χ2v) is 7.09. The smallest absolute Gasteiger partial charge is 0.407 e. The van der Waals surface area contributed by atoms with Crippen LogP contribution >= 0.6 is 11.8 Å². The van der Waals surface area contributed by atoms with Gasteiger partial charge in [0.25, 0.3) is 0 Å². The molecule has 0 spiro atoms. The Balaban J connectivity index is 2.34. The van der Waals surface area contributed by atoms with E-state index in [2.05, 4.69) is 5.32 Å². The molecule has 7 heteroatoms. The van der Waals surface area contributed by atoms with Crippen molar-refractivity contribution in [3.63, 3.8) is 0 Å². The summed E-state index contributed by atoms with van der Waals surface area (Å²) in [4.78, 5) is 23.8. The summed E-state index contributed by atoms with van der Waals surface area (Å²) in [6, 6.07) is 7.31. The van der Waals surface area contributed by atoms with Crippen LogP contribution < -0.4 is 10.1 Å². The van der Waals surface area contributed by atoms with Crippen LogP contribution in [-0.2, 0) is 20.0 Å². The van der Waals surface area contributed by atoms with Crippen molar-refractivity contribution >= 4 is 23.8 Å². The molecule has 0 heterocycles. The average Bonchev–Trinajstić information content (AvgIpc) is 2.67. The minimum atomic E-state index is -0.666. The number of alkyl carbamates (subject to hydrolysis) is 1. The average molecular weight is 398 g/mol. The lowest BCUT2D eigenvalue weighted by Crippen LogP contribution is -2.42. The van der Waals surface area contributed by atoms with E-state index in [0.29, 0.717) is 13.0 Å². The van der Waals surface area contributed by atoms with Gasteiger partial charge in [-0.05, 0) is 49.6 Å². The summed E-state index contributed by atoms with van der Waals surface area (Å²) < 4.78 is 15.3. The largest absolute Gasteiger partial charge is 0.497 e. The van der Waals surface area contributed by atoms with Crippen molar-refractivity contribution in [3.05, 3.63) is 29.8 Å². The van der Waals surface area contributed by atoms with Crippen LogP contribution in [0.1, 0.15) is 45.1 Å². The topological polar surface area (TPSA) is 73.9 Å². The van der Waals surface area contributed by atoms with Gasteiger partial charge in [0.05, 0.1) is 20.3 Å². The predicted molar refractivity (Wildman–Crippen MR) is 108 cm³/mol. The van der Waals surface area contributed by atoms with E-state index in [0.717, 1.165) is 36.5 Å². The first-order chi connectivity index (χ1) is 13.1. The lowest BCUT2D eigenvalue weighted by molar-refractivity contribution is -0.145. The second kappa shape index (κ2) is 14.2. The van der Waals surface area contributed by atoms with Crippen LogP contribution in [0.2, 0.25) is 0 Å². The lowest BCUT2D eigenvalue weighted by Gasteiger charge is -2.17. The summed E-state index contributed by atoms with van der Waals surface area (Å²) in [5.74, 6) is 2.21. The van der Waals surface area contributed by atoms with E-state index in [1.165, 1.54) is 5.56 Å². The quantitative estimate of drug-likeness (QED) is 0.398. The highest BCUT2D eigenvalue weighted by Crippen LogP contribution is 2.18. The van der Waals surface area contributed by atoms with Gasteiger partial charge in [0, 0.05) is 5.75 Å². The van der Waals surface area contributed by atoms with Crippen molar-refractivity contribution in [2.45, 2.75) is 51.3 Å². The Morgan fingerprint density at radius 3 is 2.48 bits per heavy atom. The molecule has 0 saturated heterocycles. The highest BCUT2D eigenvalue weighted by Gasteiger charge is 2.22. The Morgan fingerprint density at radius 2 is 1.85 bits per heavy atom. The molecule has 0 aliphatic heterocycles. The maximum atomic E-state index is 12.0. The normalized spacial score (nSPS) is 11.5. The number of amides is 1. The Hall–Kier alpha value is -1.89. The van der Waals surface area contributed by atoms with Crippen molar-refractivity contribution in [3.8, 4) is 5.75 Å². The molecule has 1 amide bonds. The second-order valence-electron chi connectivity index (χ2n) is 5.98. The monoisotopic (exact) mass is 397 g/mol. The number of ether oxygens (including phenoxy) is 3. The summed E-state index contributed by atoms with van der Waals surface area (Å²) in [6.07, 6.45) is 2.50. The number of unbranched alkanes of at least 4 members (excludes halogenated alkanes) is 1. The third kappa shape index (κ3) is 10.1. The van der Waals surface area contributed by atoms with Crippen molar-refractivity contribution in [2.75, 3.05) is 26.1 Å². The highest BCUT2D eigenvalue weighted by molar-refractivity contribution is 7.98. The summed E-state index contributed by atoms with van der Waals surface area (Å²) in [7, 11) is 1.65. The van der Waals surface area contributed by atoms with E-state index in [1.807, 2.05) is 31.2 Å². The molecule has 152 valence electrons. The summed E-state index contributed by atoms with van der Waals surface area (Å²) in [5, 5.41) is 2.62. The fraction of sp³-hybridized carbons (Fsp3) is 0.600. The first-order valence-electron chi connectivity index (χ1n) is 9.41. The number of benzene rings is 1. The van der Waals surface area contributed by atoms with Gasteiger partial charge < -0.3 is 19.5 Å². The van der Waals surface area contributed by atoms with E-state index >= 15 is 0 Å². The number of carbonyl (C=O) groups is 2. The number of nitrogens with one attached hydrogen (secondary N) is 1. The molecule has 1 atom stereocenters. The SMILES string of the molecule is CCCCOC(=O)NC(CCCSCc1ccc(OC)cc1)C(=O)OCC. The Bertz CT molecular complexity index is 550. The van der Waals surface area contributed by atoms with Gasteiger partial charge in [0.15, 0.2) is 0 Å². The summed E-state index contributed by atoms with van der Waals surface area (Å²) >= 11 is 1.79. The number of hydrogen-bond donors (Lipinski definition) is 1. The molecule has 6 nitrogen and oxygen atoms in total. The minimum Gasteiger partial charge on any atom is -0.497 e. The molecule has 1 aromatic rings. The highest BCUT2D eigenvalue weighted by atomic mass is 32.2. The van der Waals surface area contributed by atoms with Gasteiger partial charge in [-0.15, -0.1) is 0 Å². The van der Waals surface area contributed by atoms with Crippen LogP contribution in [0.3, 0.4) is 0 Å². The van der Waals surface area contributed by atoms with Crippen molar-refractivity contribution in [2.24, 2.45) is 0 Å². The molecular formula is C20H31NO5S. The van der Waals surface area contributed by atoms with Gasteiger partial charge in [-0.1, -0.05) is 25.5 Å². The molecular weight excluding hydrogens is 366 g/mol. The molecule has 0 bridgehead atoms. The zero-order chi connectivity index (χ0) is 19.9. The molecule has 27 heavy (non-hydrogen) atoms. The maximum absolute atomic E-state index is 12.0. The van der Waals surface area contributed by atoms with Crippen LogP contribution in [0.25, 0.3) is 0 Å². The van der Waals surface area contributed by atoms with Gasteiger partial charge in [-0.3, -0.25) is 0 Å². The number of methoxy groups -OCH3 is 1. The zero-order valence-electron chi connectivity index (χ0n) is 16.5. The third-order valence-corrected chi connectivity index (χ3v) is 4.92. The van der Waals surface area contributed by atoms with Gasteiger partial charge in [-0.25, -0.2) is 9.59 Å². The van der Waals surface area contributed by atoms with Gasteiger partial charge in [-0.2, -0.15) is 11.8 Å². The van der Waals surface area contributed by atoms with Crippen molar-refractivity contribution in [1.82, 2.24) is 5.32 Å². The molecule has 1 unspecified atom stereocenters. The van der Waals surface area contributed by atoms with Crippen molar-refractivity contribution < 1.29 is 23.8 Å². The van der Waals surface area contributed by atoms with Gasteiger partial charge in [0.1, 0.15) is 11.8 Å². The number of thioether (sulfide) groups is 1. The third-order valence-electron chi connectivity index (χ3n) is 3.80. The van der Waals surface area contributed by atoms with Crippen LogP contribution in [0.5, 0.6) is 5.75 Å². The van der Waals surface area contributed by atoms with Gasteiger partial charge in [0.2, 0.25) is 0 Å². The lowest BCUT2D eigenvalue weighted by atomic mass is 10.2. The number of rotatable bonds is 13. The molecule has 0 aromatic heterocycles. The molecule has 1 aromatic carbocycles. The van der Waals surface area contributed by atoms with E-state index in [-0.39, 0.29) is 6.61 Å². The Kier molecular flexibility index (Phi) is 12.2. The standard InChI is InChI=1S/C20H31NO5S/c1-4-6-13-26-20(23)21-18(19(22)25-5-2)8-7-14-27-15-16-9-11-17(24-3)12-10-16/h9-12,18H,4-8,13-15H2,1-3H3,(H,21,23). The molecule has 1 N–H and O–H groups in total. The minimum absolute atomic E-state index is 0.286. The van der Waals surface area contributed by atoms with E-state index in [4.69, 9.17) is 14.2 Å². The fourth-order valence-corrected chi connectivity index (χ4v) is 3.23. The van der Waals surface area contributed by atoms with Crippen LogP contribution in [0.15, 0.2) is 24.3 Å². The van der Waals surface area contributed by atoms with Crippen LogP contribution in [-0.4, -0.2) is 44.2 Å². The van der Waals surface area contributed by atoms with Crippen LogP contribution in [0, 0.1) is 0 Å². The molecule has 0 fully saturated rings. The molecule has 0 aliphatic rings. The Labute approximate surface area is 166 Å². The van der Waals surface area contributed by atoms with Crippen LogP contribution in [0.4, 0.5) is 4.79 Å². The molecule has 0 aliphatic carbocycles. The number of carbonyl (C=O) groups excluding carboxylic acids is 2. The van der Waals surface area contributed by atoms with E-state index < -0.39 is 18.1 Å². The predicted octanol–water partition coefficient (Wildman–Crippen LogP) is 4.17. The number of esters is 1. The van der Waals surface area contributed by atoms with Gasteiger partial charge >= 0.3 is 12.1 Å². The fourth-order valence-electron chi connectivity index (χ4n) is 2.29. The zero-order valence-corrected chi connectivity index (χ0v) is 17.3. The van der Waals surface area contributed by atoms with E-state index in [1.54, 1.807) is 25.8 Å². The molecule has 0 radical (unpaired) electrons. The summed E-state index contributed by atoms with van der Waals surface area (Å²) in [6.45, 7) is 4.41. The first kappa shape index (κ1) is 23.1. The Morgan fingerprint density at radius 1 is 1.11 bits per heavy atom. The maximum Gasteiger partial charge on any atom is 0.407 e.